The predicted octanol–water partition coefficient (Wildman–Crippen LogP) is 2.48. The number of hydrogen-bond acceptors (Lipinski definition) is 5. The van der Waals surface area contributed by atoms with Gasteiger partial charge in [-0.15, -0.1) is 0 Å². The number of benzene rings is 2. The van der Waals surface area contributed by atoms with Crippen LogP contribution >= 0.6 is 0 Å². The van der Waals surface area contributed by atoms with Gasteiger partial charge in [-0.2, -0.15) is 0 Å². The summed E-state index contributed by atoms with van der Waals surface area (Å²) < 4.78 is 16.2. The smallest absolute Gasteiger partial charge is 0.246 e. The van der Waals surface area contributed by atoms with Crippen LogP contribution in [0.15, 0.2) is 48.5 Å². The number of nitrogens with one attached hydrogen (secondary N) is 1. The molecule has 2 aliphatic heterocycles. The first kappa shape index (κ1) is 21.5. The molecule has 5 rings (SSSR count). The summed E-state index contributed by atoms with van der Waals surface area (Å²) in [5, 5.41) is 1.07. The number of piperazine rings is 1. The zero-order valence-corrected chi connectivity index (χ0v) is 18.9. The van der Waals surface area contributed by atoms with Gasteiger partial charge in [0.05, 0.1) is 13.7 Å². The molecule has 1 N–H and O–H groups in total. The van der Waals surface area contributed by atoms with Gasteiger partial charge < -0.3 is 29.0 Å². The minimum Gasteiger partial charge on any atom is -0.496 e. The number of para-hydroxylation sites is 2. The lowest BCUT2D eigenvalue weighted by Crippen LogP contribution is -2.64. The van der Waals surface area contributed by atoms with E-state index in [0.717, 1.165) is 27.7 Å². The van der Waals surface area contributed by atoms with E-state index >= 15 is 0 Å². The second kappa shape index (κ2) is 8.53. The number of carbonyl (C=O) groups excluding carboxylic acids is 2. The number of ether oxygens (including phenoxy) is 3. The van der Waals surface area contributed by atoms with Crippen LogP contribution in [0.4, 0.5) is 0 Å². The molecule has 8 nitrogen and oxygen atoms in total. The summed E-state index contributed by atoms with van der Waals surface area (Å²) in [6, 6.07) is 14.6. The van der Waals surface area contributed by atoms with E-state index in [4.69, 9.17) is 14.2 Å². The normalized spacial score (nSPS) is 20.4. The first-order valence-corrected chi connectivity index (χ1v) is 10.9. The van der Waals surface area contributed by atoms with Gasteiger partial charge >= 0.3 is 0 Å². The number of fused-ring (bicyclic) bond motifs is 4. The molecule has 1 aromatic heterocycles. The van der Waals surface area contributed by atoms with Crippen LogP contribution in [0.1, 0.15) is 22.9 Å². The SMILES string of the molecule is COc1ccccc1[C@H]1c2[nH]c3ccccc3c2C[C@H]2C(=O)N(CC(OC)OC)CC(=O)N12. The molecular weight excluding hydrogens is 422 g/mol. The average molecular weight is 450 g/mol. The Morgan fingerprint density at radius 1 is 1.03 bits per heavy atom. The van der Waals surface area contributed by atoms with Crippen molar-refractivity contribution in [3.63, 3.8) is 0 Å². The lowest BCUT2D eigenvalue weighted by Gasteiger charge is -2.47. The van der Waals surface area contributed by atoms with Gasteiger partial charge in [0.2, 0.25) is 11.8 Å². The van der Waals surface area contributed by atoms with Gasteiger partial charge in [-0.1, -0.05) is 36.4 Å². The van der Waals surface area contributed by atoms with Crippen molar-refractivity contribution in [2.45, 2.75) is 24.8 Å². The molecule has 172 valence electrons. The van der Waals surface area contributed by atoms with Crippen molar-refractivity contribution in [3.05, 3.63) is 65.4 Å². The Labute approximate surface area is 192 Å². The topological polar surface area (TPSA) is 84.1 Å². The summed E-state index contributed by atoms with van der Waals surface area (Å²) in [5.41, 5.74) is 3.82. The highest BCUT2D eigenvalue weighted by Crippen LogP contribution is 2.44. The van der Waals surface area contributed by atoms with Crippen molar-refractivity contribution in [3.8, 4) is 5.75 Å². The summed E-state index contributed by atoms with van der Waals surface area (Å²) in [6.07, 6.45) is -0.151. The minimum absolute atomic E-state index is 0.0280. The molecule has 2 atom stereocenters. The van der Waals surface area contributed by atoms with Crippen molar-refractivity contribution in [1.29, 1.82) is 0 Å². The molecule has 2 amide bonds. The van der Waals surface area contributed by atoms with Gasteiger partial charge in [0, 0.05) is 42.8 Å². The fraction of sp³-hybridized carbons (Fsp3) is 0.360. The molecule has 0 bridgehead atoms. The van der Waals surface area contributed by atoms with Gasteiger partial charge in [-0.05, 0) is 17.7 Å². The summed E-state index contributed by atoms with van der Waals surface area (Å²) in [4.78, 5) is 34.0. The molecule has 2 aromatic carbocycles. The van der Waals surface area contributed by atoms with E-state index in [2.05, 4.69) is 11.1 Å². The van der Waals surface area contributed by atoms with E-state index in [0.29, 0.717) is 12.2 Å². The number of amides is 2. The van der Waals surface area contributed by atoms with Gasteiger partial charge in [0.25, 0.3) is 0 Å². The Hall–Kier alpha value is -3.36. The monoisotopic (exact) mass is 449 g/mol. The number of hydrogen-bond donors (Lipinski definition) is 1. The largest absolute Gasteiger partial charge is 0.496 e. The maximum atomic E-state index is 13.7. The maximum absolute atomic E-state index is 13.7. The van der Waals surface area contributed by atoms with E-state index in [1.807, 2.05) is 42.5 Å². The summed E-state index contributed by atoms with van der Waals surface area (Å²) in [6.45, 7) is 0.168. The molecule has 1 fully saturated rings. The quantitative estimate of drug-likeness (QED) is 0.585. The highest BCUT2D eigenvalue weighted by atomic mass is 16.7. The molecule has 2 aliphatic rings. The Morgan fingerprint density at radius 2 is 1.76 bits per heavy atom. The van der Waals surface area contributed by atoms with E-state index in [9.17, 15) is 9.59 Å². The number of methoxy groups -OCH3 is 3. The van der Waals surface area contributed by atoms with Crippen molar-refractivity contribution >= 4 is 22.7 Å². The van der Waals surface area contributed by atoms with Crippen LogP contribution in [0, 0.1) is 0 Å². The summed E-state index contributed by atoms with van der Waals surface area (Å²) in [7, 11) is 4.66. The average Bonchev–Trinajstić information content (AvgIpc) is 3.22. The van der Waals surface area contributed by atoms with Crippen LogP contribution in [-0.4, -0.2) is 73.3 Å². The molecule has 8 heteroatoms. The zero-order valence-electron chi connectivity index (χ0n) is 18.9. The molecule has 3 heterocycles. The minimum atomic E-state index is -0.623. The number of aromatic amines is 1. The molecule has 0 saturated carbocycles. The summed E-state index contributed by atoms with van der Waals surface area (Å²) in [5.74, 6) is 0.449. The molecule has 0 unspecified atom stereocenters. The van der Waals surface area contributed by atoms with Crippen molar-refractivity contribution < 1.29 is 23.8 Å². The Kier molecular flexibility index (Phi) is 5.55. The third-order valence-corrected chi connectivity index (χ3v) is 6.67. The second-order valence-corrected chi connectivity index (χ2v) is 8.35. The van der Waals surface area contributed by atoms with E-state index < -0.39 is 18.4 Å². The first-order chi connectivity index (χ1) is 16.1. The van der Waals surface area contributed by atoms with Crippen LogP contribution < -0.4 is 4.74 Å². The van der Waals surface area contributed by atoms with Crippen LogP contribution in [0.5, 0.6) is 5.75 Å². The molecule has 0 spiro atoms. The Bertz CT molecular complexity index is 1200. The lowest BCUT2D eigenvalue weighted by molar-refractivity contribution is -0.167. The highest BCUT2D eigenvalue weighted by molar-refractivity contribution is 5.97. The van der Waals surface area contributed by atoms with Crippen molar-refractivity contribution in [2.24, 2.45) is 0 Å². The number of rotatable bonds is 6. The van der Waals surface area contributed by atoms with Gasteiger partial charge in [0.1, 0.15) is 24.4 Å². The fourth-order valence-corrected chi connectivity index (χ4v) is 5.12. The van der Waals surface area contributed by atoms with Crippen molar-refractivity contribution in [1.82, 2.24) is 14.8 Å². The first-order valence-electron chi connectivity index (χ1n) is 10.9. The third kappa shape index (κ3) is 3.46. The molecule has 33 heavy (non-hydrogen) atoms. The van der Waals surface area contributed by atoms with Crippen LogP contribution in [-0.2, 0) is 25.5 Å². The summed E-state index contributed by atoms with van der Waals surface area (Å²) >= 11 is 0. The van der Waals surface area contributed by atoms with E-state index in [1.54, 1.807) is 16.9 Å². The predicted molar refractivity (Wildman–Crippen MR) is 122 cm³/mol. The van der Waals surface area contributed by atoms with E-state index in [-0.39, 0.29) is 24.9 Å². The van der Waals surface area contributed by atoms with Crippen LogP contribution in [0.2, 0.25) is 0 Å². The standard InChI is InChI=1S/C25H27N3O5/c1-31-20-11-7-5-9-16(20)24-23-17(15-8-4-6-10-18(15)26-23)12-19-25(30)27(13-21(29)28(19)24)14-22(32-2)33-3/h4-11,19,22,24,26H,12-14H2,1-3H3/t19-,24-/m0/s1. The van der Waals surface area contributed by atoms with Gasteiger partial charge in [-0.25, -0.2) is 0 Å². The van der Waals surface area contributed by atoms with Gasteiger partial charge in [-0.3, -0.25) is 9.59 Å². The Morgan fingerprint density at radius 3 is 2.52 bits per heavy atom. The number of nitrogens with zero attached hydrogens (tertiary/aromatic N) is 2. The number of carbonyl (C=O) groups is 2. The highest BCUT2D eigenvalue weighted by Gasteiger charge is 2.49. The molecule has 0 aliphatic carbocycles. The molecule has 1 saturated heterocycles. The molecule has 0 radical (unpaired) electrons. The number of aromatic nitrogens is 1. The fourth-order valence-electron chi connectivity index (χ4n) is 5.12. The third-order valence-electron chi connectivity index (χ3n) is 6.67. The lowest BCUT2D eigenvalue weighted by atomic mass is 9.86. The maximum Gasteiger partial charge on any atom is 0.246 e. The van der Waals surface area contributed by atoms with Crippen LogP contribution in [0.25, 0.3) is 10.9 Å². The van der Waals surface area contributed by atoms with Crippen LogP contribution in [0.3, 0.4) is 0 Å². The molecule has 3 aromatic rings. The van der Waals surface area contributed by atoms with Gasteiger partial charge in [0.15, 0.2) is 6.29 Å². The number of H-pyrrole nitrogens is 1. The van der Waals surface area contributed by atoms with E-state index in [1.165, 1.54) is 14.2 Å². The van der Waals surface area contributed by atoms with Crippen molar-refractivity contribution in [2.75, 3.05) is 34.4 Å². The molecular formula is C25H27N3O5. The zero-order chi connectivity index (χ0) is 23.1. The second-order valence-electron chi connectivity index (χ2n) is 8.35. The Balaban J connectivity index is 1.65.